The van der Waals surface area contributed by atoms with Crippen molar-refractivity contribution < 1.29 is 9.21 Å². The van der Waals surface area contributed by atoms with Gasteiger partial charge in [0.05, 0.1) is 12.0 Å². The van der Waals surface area contributed by atoms with Crippen molar-refractivity contribution in [1.82, 2.24) is 0 Å². The molecule has 0 unspecified atom stereocenters. The molecule has 3 heteroatoms. The van der Waals surface area contributed by atoms with E-state index >= 15 is 0 Å². The first-order chi connectivity index (χ1) is 3.93. The smallest absolute Gasteiger partial charge is 0.314 e. The third-order valence-electron chi connectivity index (χ3n) is 0.717. The van der Waals surface area contributed by atoms with Crippen LogP contribution in [-0.2, 0) is 4.79 Å². The Labute approximate surface area is 46.3 Å². The van der Waals surface area contributed by atoms with E-state index in [0.717, 1.165) is 0 Å². The van der Waals surface area contributed by atoms with Crippen LogP contribution in [0.25, 0.3) is 0 Å². The van der Waals surface area contributed by atoms with E-state index < -0.39 is 0 Å². The van der Waals surface area contributed by atoms with Gasteiger partial charge in [0.25, 0.3) is 0 Å². The van der Waals surface area contributed by atoms with Crippen LogP contribution in [0.4, 0.5) is 5.69 Å². The molecule has 1 rings (SSSR count). The van der Waals surface area contributed by atoms with Crippen molar-refractivity contribution in [3.63, 3.8) is 0 Å². The Kier molecular flexibility index (Phi) is 1.32. The summed E-state index contributed by atoms with van der Waals surface area (Å²) in [5, 5.41) is 2.29. The summed E-state index contributed by atoms with van der Waals surface area (Å²) in [5.41, 5.74) is 0.625. The fourth-order valence-corrected chi connectivity index (χ4v) is 0.395. The molecular weight excluding hydrogens is 106 g/mol. The lowest BCUT2D eigenvalue weighted by atomic mass is 10.5. The highest BCUT2D eigenvalue weighted by Crippen LogP contribution is 2.03. The van der Waals surface area contributed by atoms with Crippen LogP contribution in [0.5, 0.6) is 0 Å². The summed E-state index contributed by atoms with van der Waals surface area (Å²) in [6.45, 7) is 0. The predicted molar refractivity (Wildman–Crippen MR) is 28.0 cm³/mol. The highest BCUT2D eigenvalue weighted by molar-refractivity contribution is 5.70. The molecule has 1 aromatic heterocycles. The first-order valence-corrected chi connectivity index (χ1v) is 2.09. The van der Waals surface area contributed by atoms with Crippen molar-refractivity contribution in [2.24, 2.45) is 0 Å². The van der Waals surface area contributed by atoms with E-state index in [1.165, 1.54) is 18.9 Å². The average Bonchev–Trinajstić information content (AvgIpc) is 2.19. The second-order valence-corrected chi connectivity index (χ2v) is 1.24. The normalized spacial score (nSPS) is 8.50. The average molecular weight is 110 g/mol. The van der Waals surface area contributed by atoms with Gasteiger partial charge in [-0.25, -0.2) is 0 Å². The Bertz CT molecular complexity index is 157. The summed E-state index contributed by atoms with van der Waals surface area (Å²) in [6.07, 6.45) is 4.40. The Hall–Kier alpha value is -1.25. The van der Waals surface area contributed by atoms with Gasteiger partial charge in [-0.15, -0.1) is 0 Å². The monoisotopic (exact) mass is 110 g/mol. The third kappa shape index (κ3) is 0.872. The second kappa shape index (κ2) is 2.16. The molecule has 1 radical (unpaired) electrons. The van der Waals surface area contributed by atoms with Crippen LogP contribution in [0.1, 0.15) is 0 Å². The van der Waals surface area contributed by atoms with E-state index in [1.54, 1.807) is 6.07 Å². The molecular formula is C5H4NO2. The molecule has 0 aromatic carbocycles. The van der Waals surface area contributed by atoms with Crippen molar-refractivity contribution >= 4 is 12.1 Å². The van der Waals surface area contributed by atoms with Crippen LogP contribution in [-0.4, -0.2) is 6.41 Å². The lowest BCUT2D eigenvalue weighted by molar-refractivity contribution is 0.559. The minimum atomic E-state index is 0.625. The van der Waals surface area contributed by atoms with Gasteiger partial charge >= 0.3 is 6.41 Å². The second-order valence-electron chi connectivity index (χ2n) is 1.24. The number of furan rings is 1. The van der Waals surface area contributed by atoms with Crippen molar-refractivity contribution in [3.8, 4) is 0 Å². The number of hydrogen-bond donors (Lipinski definition) is 1. The van der Waals surface area contributed by atoms with Crippen molar-refractivity contribution in [2.45, 2.75) is 0 Å². The molecule has 3 nitrogen and oxygen atoms in total. The summed E-state index contributed by atoms with van der Waals surface area (Å²) >= 11 is 0. The molecule has 0 fully saturated rings. The van der Waals surface area contributed by atoms with E-state index in [0.29, 0.717) is 5.69 Å². The Morgan fingerprint density at radius 3 is 3.12 bits per heavy atom. The van der Waals surface area contributed by atoms with Crippen LogP contribution in [0.15, 0.2) is 23.0 Å². The summed E-state index contributed by atoms with van der Waals surface area (Å²) in [6, 6.07) is 1.63. The lowest BCUT2D eigenvalue weighted by Gasteiger charge is -1.81. The van der Waals surface area contributed by atoms with Crippen molar-refractivity contribution in [2.75, 3.05) is 5.32 Å². The highest BCUT2D eigenvalue weighted by Gasteiger charge is 1.86. The standard InChI is InChI=1S/C5H4NO2/c7-4-6-5-1-2-8-3-5/h1-3H,(H,6,7). The van der Waals surface area contributed by atoms with Gasteiger partial charge in [-0.2, -0.15) is 0 Å². The summed E-state index contributed by atoms with van der Waals surface area (Å²) < 4.78 is 4.63. The Balaban J connectivity index is 2.62. The molecule has 1 aromatic rings. The van der Waals surface area contributed by atoms with E-state index in [9.17, 15) is 4.79 Å². The number of amides is 1. The quantitative estimate of drug-likeness (QED) is 0.571. The largest absolute Gasteiger partial charge is 0.470 e. The predicted octanol–water partition coefficient (Wildman–Crippen LogP) is 0.759. The van der Waals surface area contributed by atoms with Crippen LogP contribution in [0.3, 0.4) is 0 Å². The first kappa shape index (κ1) is 4.90. The Morgan fingerprint density at radius 1 is 1.75 bits per heavy atom. The molecule has 1 amide bonds. The Morgan fingerprint density at radius 2 is 2.62 bits per heavy atom. The molecule has 0 atom stereocenters. The molecule has 0 aliphatic carbocycles. The van der Waals surface area contributed by atoms with Crippen LogP contribution < -0.4 is 5.32 Å². The summed E-state index contributed by atoms with van der Waals surface area (Å²) in [4.78, 5) is 9.59. The minimum Gasteiger partial charge on any atom is -0.470 e. The van der Waals surface area contributed by atoms with Crippen LogP contribution in [0, 0.1) is 0 Å². The van der Waals surface area contributed by atoms with Gasteiger partial charge in [-0.3, -0.25) is 4.79 Å². The van der Waals surface area contributed by atoms with Gasteiger partial charge < -0.3 is 9.73 Å². The zero-order valence-electron chi connectivity index (χ0n) is 4.05. The molecule has 0 spiro atoms. The van der Waals surface area contributed by atoms with Gasteiger partial charge in [0.1, 0.15) is 6.26 Å². The molecule has 0 saturated heterocycles. The number of hydrogen-bond acceptors (Lipinski definition) is 2. The van der Waals surface area contributed by atoms with Gasteiger partial charge in [0, 0.05) is 0 Å². The van der Waals surface area contributed by atoms with E-state index in [4.69, 9.17) is 0 Å². The van der Waals surface area contributed by atoms with Gasteiger partial charge in [-0.1, -0.05) is 0 Å². The number of anilines is 1. The van der Waals surface area contributed by atoms with Crippen molar-refractivity contribution in [1.29, 1.82) is 0 Å². The van der Waals surface area contributed by atoms with E-state index in [1.807, 2.05) is 0 Å². The fourth-order valence-electron chi connectivity index (χ4n) is 0.395. The zero-order chi connectivity index (χ0) is 5.82. The van der Waals surface area contributed by atoms with E-state index in [-0.39, 0.29) is 0 Å². The molecule has 0 aliphatic rings. The maximum absolute atomic E-state index is 9.59. The third-order valence-corrected chi connectivity index (χ3v) is 0.717. The molecule has 1 N–H and O–H groups in total. The van der Waals surface area contributed by atoms with Crippen LogP contribution in [0.2, 0.25) is 0 Å². The SMILES string of the molecule is O=[C]Nc1ccoc1. The summed E-state index contributed by atoms with van der Waals surface area (Å²) in [5.74, 6) is 0. The zero-order valence-corrected chi connectivity index (χ0v) is 4.05. The maximum atomic E-state index is 9.59. The highest BCUT2D eigenvalue weighted by atomic mass is 16.3. The number of carbonyl (C=O) groups excluding carboxylic acids is 1. The lowest BCUT2D eigenvalue weighted by Crippen LogP contribution is -1.89. The minimum absolute atomic E-state index is 0.625. The maximum Gasteiger partial charge on any atom is 0.314 e. The van der Waals surface area contributed by atoms with E-state index in [2.05, 4.69) is 9.73 Å². The van der Waals surface area contributed by atoms with Crippen molar-refractivity contribution in [3.05, 3.63) is 18.6 Å². The van der Waals surface area contributed by atoms with Crippen LogP contribution >= 0.6 is 0 Å². The number of nitrogens with one attached hydrogen (secondary N) is 1. The fraction of sp³-hybridized carbons (Fsp3) is 0. The van der Waals surface area contributed by atoms with Gasteiger partial charge in [0.15, 0.2) is 0 Å². The summed E-state index contributed by atoms with van der Waals surface area (Å²) in [7, 11) is 0. The number of rotatable bonds is 2. The first-order valence-electron chi connectivity index (χ1n) is 2.09. The molecule has 8 heavy (non-hydrogen) atoms. The molecule has 0 bridgehead atoms. The molecule has 1 heterocycles. The molecule has 41 valence electrons. The molecule has 0 saturated carbocycles. The molecule has 0 aliphatic heterocycles. The van der Waals surface area contributed by atoms with Gasteiger partial charge in [-0.05, 0) is 6.07 Å². The van der Waals surface area contributed by atoms with Gasteiger partial charge in [0.2, 0.25) is 0 Å². The topological polar surface area (TPSA) is 42.2 Å².